The molecule has 8 heteroatoms. The first kappa shape index (κ1) is 17.9. The van der Waals surface area contributed by atoms with Crippen molar-refractivity contribution in [3.8, 4) is 17.4 Å². The second-order valence-electron chi connectivity index (χ2n) is 7.19. The molecule has 2 aromatic heterocycles. The summed E-state index contributed by atoms with van der Waals surface area (Å²) < 4.78 is 6.97. The van der Waals surface area contributed by atoms with Gasteiger partial charge in [-0.05, 0) is 32.9 Å². The summed E-state index contributed by atoms with van der Waals surface area (Å²) in [5.74, 6) is -0.314. The highest BCUT2D eigenvalue weighted by atomic mass is 16.6. The molecule has 144 valence electrons. The number of rotatable bonds is 3. The summed E-state index contributed by atoms with van der Waals surface area (Å²) in [6.45, 7) is 4.99. The van der Waals surface area contributed by atoms with Crippen molar-refractivity contribution in [1.82, 2.24) is 4.57 Å². The van der Waals surface area contributed by atoms with Crippen molar-refractivity contribution in [3.05, 3.63) is 57.8 Å². The number of aromatic nitrogens is 1. The minimum atomic E-state index is -1.17. The fraction of sp³-hybridized carbons (Fsp3) is 0.200. The van der Waals surface area contributed by atoms with Gasteiger partial charge in [-0.25, -0.2) is 4.57 Å². The number of para-hydroxylation sites is 1. The minimum Gasteiger partial charge on any atom is -0.494 e. The first-order valence-electron chi connectivity index (χ1n) is 8.58. The first-order chi connectivity index (χ1) is 13.1. The van der Waals surface area contributed by atoms with Crippen LogP contribution in [0.25, 0.3) is 27.4 Å². The van der Waals surface area contributed by atoms with E-state index in [4.69, 9.17) is 4.42 Å². The number of hydrogen-bond acceptors (Lipinski definition) is 6. The van der Waals surface area contributed by atoms with E-state index in [2.05, 4.69) is 0 Å². The van der Waals surface area contributed by atoms with E-state index in [-0.39, 0.29) is 22.3 Å². The molecule has 2 aromatic carbocycles. The monoisotopic (exact) mass is 382 g/mol. The van der Waals surface area contributed by atoms with Crippen LogP contribution in [0, 0.1) is 17.0 Å². The van der Waals surface area contributed by atoms with Gasteiger partial charge in [0.15, 0.2) is 5.58 Å². The third-order valence-electron chi connectivity index (χ3n) is 4.85. The lowest BCUT2D eigenvalue weighted by atomic mass is 9.95. The van der Waals surface area contributed by atoms with E-state index in [0.29, 0.717) is 28.0 Å². The first-order valence-corrected chi connectivity index (χ1v) is 8.58. The van der Waals surface area contributed by atoms with Crippen LogP contribution < -0.4 is 0 Å². The average Bonchev–Trinajstić information content (AvgIpc) is 3.09. The van der Waals surface area contributed by atoms with E-state index in [9.17, 15) is 25.4 Å². The van der Waals surface area contributed by atoms with Crippen LogP contribution in [0.1, 0.15) is 25.2 Å². The topological polar surface area (TPSA) is 122 Å². The van der Waals surface area contributed by atoms with E-state index >= 15 is 0 Å². The molecule has 0 bridgehead atoms. The van der Waals surface area contributed by atoms with Gasteiger partial charge in [0, 0.05) is 17.0 Å². The van der Waals surface area contributed by atoms with Crippen molar-refractivity contribution in [3.63, 3.8) is 0 Å². The van der Waals surface area contributed by atoms with Crippen molar-refractivity contribution in [2.24, 2.45) is 0 Å². The summed E-state index contributed by atoms with van der Waals surface area (Å²) in [7, 11) is 0. The third-order valence-corrected chi connectivity index (χ3v) is 4.85. The molecule has 0 spiro atoms. The Bertz CT molecular complexity index is 1260. The standard InChI is InChI=1S/C20H18N2O6/c1-10-16(20(2,3)25)12-7-5-9-14(17(12)28-10)21-18(23)11-6-4-8-13(22(26)27)15(11)19(21)24/h4-9,23-25H,1-3H3. The lowest BCUT2D eigenvalue weighted by Crippen LogP contribution is -2.16. The predicted octanol–water partition coefficient (Wildman–Crippen LogP) is 4.23. The number of benzene rings is 2. The van der Waals surface area contributed by atoms with Crippen LogP contribution in [0.15, 0.2) is 40.8 Å². The number of non-ortho nitro benzene ring substituents is 1. The molecule has 0 saturated carbocycles. The van der Waals surface area contributed by atoms with Gasteiger partial charge in [-0.3, -0.25) is 10.1 Å². The maximum atomic E-state index is 11.4. The van der Waals surface area contributed by atoms with Crippen LogP contribution in [0.3, 0.4) is 0 Å². The van der Waals surface area contributed by atoms with Gasteiger partial charge < -0.3 is 19.7 Å². The number of furan rings is 1. The fourth-order valence-electron chi connectivity index (χ4n) is 3.83. The lowest BCUT2D eigenvalue weighted by Gasteiger charge is -2.17. The van der Waals surface area contributed by atoms with E-state index < -0.39 is 16.4 Å². The molecule has 4 rings (SSSR count). The number of nitro groups is 1. The van der Waals surface area contributed by atoms with E-state index in [1.54, 1.807) is 39.0 Å². The van der Waals surface area contributed by atoms with Crippen molar-refractivity contribution < 1.29 is 24.7 Å². The molecule has 0 amide bonds. The molecule has 0 unspecified atom stereocenters. The lowest BCUT2D eigenvalue weighted by molar-refractivity contribution is -0.383. The third kappa shape index (κ3) is 2.35. The summed E-state index contributed by atoms with van der Waals surface area (Å²) in [5.41, 5.74) is -0.254. The molecule has 28 heavy (non-hydrogen) atoms. The molecular weight excluding hydrogens is 364 g/mol. The van der Waals surface area contributed by atoms with Gasteiger partial charge in [-0.15, -0.1) is 0 Å². The molecular formula is C20H18N2O6. The van der Waals surface area contributed by atoms with Crippen LogP contribution >= 0.6 is 0 Å². The van der Waals surface area contributed by atoms with Crippen molar-refractivity contribution >= 4 is 27.4 Å². The maximum Gasteiger partial charge on any atom is 0.282 e. The van der Waals surface area contributed by atoms with Gasteiger partial charge in [0.25, 0.3) is 5.69 Å². The van der Waals surface area contributed by atoms with Crippen LogP contribution in [-0.2, 0) is 5.60 Å². The molecule has 0 aliphatic heterocycles. The summed E-state index contributed by atoms with van der Waals surface area (Å²) in [6.07, 6.45) is 0. The van der Waals surface area contributed by atoms with Crippen LogP contribution in [0.5, 0.6) is 11.8 Å². The van der Waals surface area contributed by atoms with E-state index in [1.165, 1.54) is 18.2 Å². The van der Waals surface area contributed by atoms with Gasteiger partial charge >= 0.3 is 0 Å². The van der Waals surface area contributed by atoms with Gasteiger partial charge in [0.2, 0.25) is 11.8 Å². The number of hydrogen-bond donors (Lipinski definition) is 3. The smallest absolute Gasteiger partial charge is 0.282 e. The SMILES string of the molecule is Cc1oc2c(-n3c(O)c4cccc([N+](=O)[O-])c4c3O)cccc2c1C(C)(C)O. The Kier molecular flexibility index (Phi) is 3.66. The highest BCUT2D eigenvalue weighted by Crippen LogP contribution is 2.45. The Hall–Kier alpha value is -3.52. The Morgan fingerprint density at radius 3 is 2.36 bits per heavy atom. The molecule has 0 atom stereocenters. The number of fused-ring (bicyclic) bond motifs is 2. The molecule has 8 nitrogen and oxygen atoms in total. The van der Waals surface area contributed by atoms with E-state index in [1.807, 2.05) is 0 Å². The van der Waals surface area contributed by atoms with Crippen molar-refractivity contribution in [2.75, 3.05) is 0 Å². The number of aromatic hydroxyl groups is 2. The summed E-state index contributed by atoms with van der Waals surface area (Å²) in [5, 5.41) is 44.0. The zero-order valence-electron chi connectivity index (χ0n) is 15.4. The number of aryl methyl sites for hydroxylation is 1. The summed E-state index contributed by atoms with van der Waals surface area (Å²) in [6, 6.07) is 9.26. The minimum absolute atomic E-state index is 0.0620. The highest BCUT2D eigenvalue weighted by Gasteiger charge is 2.29. The Morgan fingerprint density at radius 2 is 1.71 bits per heavy atom. The van der Waals surface area contributed by atoms with Gasteiger partial charge in [-0.2, -0.15) is 0 Å². The second-order valence-corrected chi connectivity index (χ2v) is 7.19. The average molecular weight is 382 g/mol. The summed E-state index contributed by atoms with van der Waals surface area (Å²) in [4.78, 5) is 10.7. The van der Waals surface area contributed by atoms with Crippen LogP contribution in [0.4, 0.5) is 5.69 Å². The zero-order valence-corrected chi connectivity index (χ0v) is 15.4. The Morgan fingerprint density at radius 1 is 1.07 bits per heavy atom. The summed E-state index contributed by atoms with van der Waals surface area (Å²) >= 11 is 0. The highest BCUT2D eigenvalue weighted by molar-refractivity contribution is 6.01. The number of nitrogens with zero attached hydrogens (tertiary/aromatic N) is 2. The molecule has 4 aromatic rings. The quantitative estimate of drug-likeness (QED) is 0.360. The fourth-order valence-corrected chi connectivity index (χ4v) is 3.83. The number of nitro benzene ring substituents is 1. The predicted molar refractivity (Wildman–Crippen MR) is 103 cm³/mol. The van der Waals surface area contributed by atoms with Crippen molar-refractivity contribution in [2.45, 2.75) is 26.4 Å². The van der Waals surface area contributed by atoms with Gasteiger partial charge in [0.05, 0.1) is 21.6 Å². The van der Waals surface area contributed by atoms with Crippen LogP contribution in [-0.4, -0.2) is 24.8 Å². The van der Waals surface area contributed by atoms with Crippen molar-refractivity contribution in [1.29, 1.82) is 0 Å². The Balaban J connectivity index is 2.12. The Labute approximate surface area is 159 Å². The second kappa shape index (κ2) is 5.74. The molecule has 0 aliphatic rings. The molecule has 0 aliphatic carbocycles. The van der Waals surface area contributed by atoms with Gasteiger partial charge in [0.1, 0.15) is 11.1 Å². The largest absolute Gasteiger partial charge is 0.494 e. The zero-order chi connectivity index (χ0) is 20.4. The molecule has 2 heterocycles. The number of aliphatic hydroxyl groups is 1. The molecule has 3 N–H and O–H groups in total. The van der Waals surface area contributed by atoms with Crippen LogP contribution in [0.2, 0.25) is 0 Å². The molecule has 0 saturated heterocycles. The maximum absolute atomic E-state index is 11.4. The molecule has 0 radical (unpaired) electrons. The van der Waals surface area contributed by atoms with Gasteiger partial charge in [-0.1, -0.05) is 18.2 Å². The molecule has 0 fully saturated rings. The normalized spacial score (nSPS) is 12.1. The van der Waals surface area contributed by atoms with E-state index in [0.717, 1.165) is 4.57 Å².